The van der Waals surface area contributed by atoms with Crippen LogP contribution in [0.5, 0.6) is 0 Å². The predicted molar refractivity (Wildman–Crippen MR) is 99.1 cm³/mol. The van der Waals surface area contributed by atoms with E-state index in [1.54, 1.807) is 0 Å². The van der Waals surface area contributed by atoms with Gasteiger partial charge in [0.1, 0.15) is 12.4 Å². The molecular formula is C21H23NO4. The van der Waals surface area contributed by atoms with Crippen molar-refractivity contribution >= 4 is 17.6 Å². The zero-order chi connectivity index (χ0) is 18.4. The Kier molecular flexibility index (Phi) is 5.68. The molecule has 1 amide bonds. The molecule has 0 saturated carbocycles. The van der Waals surface area contributed by atoms with E-state index < -0.39 is 6.09 Å². The Morgan fingerprint density at radius 3 is 2.54 bits per heavy atom. The number of Topliss-reactive ketones (excluding diaryl/α,β-unsaturated/α-hetero) is 1. The predicted octanol–water partition coefficient (Wildman–Crippen LogP) is 4.07. The summed E-state index contributed by atoms with van der Waals surface area (Å²) in [5, 5.41) is 2.75. The van der Waals surface area contributed by atoms with Gasteiger partial charge >= 0.3 is 6.09 Å². The van der Waals surface area contributed by atoms with Crippen LogP contribution in [0.3, 0.4) is 0 Å². The highest BCUT2D eigenvalue weighted by molar-refractivity contribution is 5.85. The number of hydrogen-bond acceptors (Lipinski definition) is 4. The molecular weight excluding hydrogens is 330 g/mol. The summed E-state index contributed by atoms with van der Waals surface area (Å²) in [4.78, 5) is 24.0. The summed E-state index contributed by atoms with van der Waals surface area (Å²) in [6.45, 7) is 3.15. The number of rotatable bonds is 7. The molecule has 0 unspecified atom stereocenters. The van der Waals surface area contributed by atoms with Gasteiger partial charge in [-0.1, -0.05) is 49.4 Å². The monoisotopic (exact) mass is 353 g/mol. The van der Waals surface area contributed by atoms with Crippen molar-refractivity contribution in [2.45, 2.75) is 31.8 Å². The van der Waals surface area contributed by atoms with Gasteiger partial charge in [0.05, 0.1) is 13.2 Å². The summed E-state index contributed by atoms with van der Waals surface area (Å²) in [7, 11) is 0. The highest BCUT2D eigenvalue weighted by Crippen LogP contribution is 2.37. The largest absolute Gasteiger partial charge is 0.444 e. The van der Waals surface area contributed by atoms with Crippen LogP contribution in [0.2, 0.25) is 0 Å². The lowest BCUT2D eigenvalue weighted by Gasteiger charge is -2.41. The van der Waals surface area contributed by atoms with Crippen LogP contribution in [-0.2, 0) is 26.3 Å². The molecule has 1 saturated heterocycles. The second kappa shape index (κ2) is 8.15. The fourth-order valence-electron chi connectivity index (χ4n) is 3.03. The van der Waals surface area contributed by atoms with Crippen molar-refractivity contribution in [3.63, 3.8) is 0 Å². The van der Waals surface area contributed by atoms with Gasteiger partial charge in [-0.25, -0.2) is 4.79 Å². The van der Waals surface area contributed by atoms with Crippen LogP contribution in [0.25, 0.3) is 0 Å². The summed E-state index contributed by atoms with van der Waals surface area (Å²) < 4.78 is 10.6. The number of benzene rings is 2. The first-order valence-corrected chi connectivity index (χ1v) is 8.79. The first-order chi connectivity index (χ1) is 12.6. The van der Waals surface area contributed by atoms with Crippen LogP contribution in [0.4, 0.5) is 10.5 Å². The van der Waals surface area contributed by atoms with Crippen LogP contribution in [0.15, 0.2) is 54.6 Å². The molecule has 3 rings (SSSR count). The van der Waals surface area contributed by atoms with Gasteiger partial charge in [-0.15, -0.1) is 0 Å². The third-order valence-electron chi connectivity index (χ3n) is 4.62. The number of anilines is 1. The Bertz CT molecular complexity index is 769. The molecule has 136 valence electrons. The summed E-state index contributed by atoms with van der Waals surface area (Å²) in [6, 6.07) is 17.1. The number of ether oxygens (including phenoxy) is 2. The number of hydrogen-bond donors (Lipinski definition) is 1. The van der Waals surface area contributed by atoms with Crippen LogP contribution in [0.1, 0.15) is 30.9 Å². The molecule has 0 radical (unpaired) electrons. The van der Waals surface area contributed by atoms with Crippen LogP contribution in [0, 0.1) is 0 Å². The Morgan fingerprint density at radius 1 is 1.12 bits per heavy atom. The lowest BCUT2D eigenvalue weighted by molar-refractivity contribution is -0.127. The molecule has 0 aliphatic carbocycles. The van der Waals surface area contributed by atoms with Crippen LogP contribution in [-0.4, -0.2) is 25.1 Å². The summed E-state index contributed by atoms with van der Waals surface area (Å²) in [5.41, 5.74) is 2.31. The smallest absolute Gasteiger partial charge is 0.411 e. The van der Waals surface area contributed by atoms with Gasteiger partial charge in [-0.2, -0.15) is 0 Å². The Labute approximate surface area is 153 Å². The van der Waals surface area contributed by atoms with Gasteiger partial charge in [-0.3, -0.25) is 10.1 Å². The van der Waals surface area contributed by atoms with E-state index in [1.807, 2.05) is 61.5 Å². The molecule has 0 aromatic heterocycles. The van der Waals surface area contributed by atoms with Crippen LogP contribution >= 0.6 is 0 Å². The van der Waals surface area contributed by atoms with Crippen molar-refractivity contribution in [3.8, 4) is 0 Å². The molecule has 0 bridgehead atoms. The molecule has 5 heteroatoms. The van der Waals surface area contributed by atoms with E-state index in [0.29, 0.717) is 31.7 Å². The number of carbonyl (C=O) groups is 2. The van der Waals surface area contributed by atoms with E-state index in [9.17, 15) is 9.59 Å². The van der Waals surface area contributed by atoms with Gasteiger partial charge < -0.3 is 9.47 Å². The average Bonchev–Trinajstić information content (AvgIpc) is 2.64. The zero-order valence-corrected chi connectivity index (χ0v) is 14.9. The Balaban J connectivity index is 1.63. The minimum absolute atomic E-state index is 0.217. The van der Waals surface area contributed by atoms with E-state index in [-0.39, 0.29) is 17.8 Å². The number of amides is 1. The molecule has 0 spiro atoms. The zero-order valence-electron chi connectivity index (χ0n) is 14.9. The summed E-state index contributed by atoms with van der Waals surface area (Å²) in [6.07, 6.45) is 0.478. The van der Waals surface area contributed by atoms with E-state index >= 15 is 0 Å². The van der Waals surface area contributed by atoms with Crippen LogP contribution < -0.4 is 5.32 Å². The van der Waals surface area contributed by atoms with Crippen molar-refractivity contribution in [2.24, 2.45) is 0 Å². The SMILES string of the molecule is CCC(=O)CC1(c2cccc(NC(=O)OCc3ccccc3)c2)COC1. The van der Waals surface area contributed by atoms with E-state index in [2.05, 4.69) is 5.32 Å². The Hall–Kier alpha value is -2.66. The minimum atomic E-state index is -0.505. The van der Waals surface area contributed by atoms with Gasteiger partial charge in [0.15, 0.2) is 0 Å². The highest BCUT2D eigenvalue weighted by atomic mass is 16.5. The van der Waals surface area contributed by atoms with Gasteiger partial charge in [0.2, 0.25) is 0 Å². The van der Waals surface area contributed by atoms with Gasteiger partial charge in [0.25, 0.3) is 0 Å². The normalized spacial score (nSPS) is 15.0. The van der Waals surface area contributed by atoms with Crippen molar-refractivity contribution in [1.29, 1.82) is 0 Å². The number of carbonyl (C=O) groups excluding carboxylic acids is 2. The third kappa shape index (κ3) is 4.29. The topological polar surface area (TPSA) is 64.6 Å². The molecule has 5 nitrogen and oxygen atoms in total. The standard InChI is InChI=1S/C21H23NO4/c1-2-19(23)12-21(14-25-15-21)17-9-6-10-18(11-17)22-20(24)26-13-16-7-4-3-5-8-16/h3-11H,2,12-15H2,1H3,(H,22,24). The summed E-state index contributed by atoms with van der Waals surface area (Å²) in [5.74, 6) is 0.217. The lowest BCUT2D eigenvalue weighted by atomic mass is 9.74. The van der Waals surface area contributed by atoms with Gasteiger partial charge in [0, 0.05) is 23.9 Å². The average molecular weight is 353 g/mol. The maximum Gasteiger partial charge on any atom is 0.411 e. The van der Waals surface area contributed by atoms with Crippen molar-refractivity contribution in [1.82, 2.24) is 0 Å². The molecule has 2 aromatic carbocycles. The third-order valence-corrected chi connectivity index (χ3v) is 4.62. The molecule has 0 atom stereocenters. The first kappa shape index (κ1) is 18.1. The lowest BCUT2D eigenvalue weighted by Crippen LogP contribution is -2.48. The second-order valence-electron chi connectivity index (χ2n) is 6.61. The fraction of sp³-hybridized carbons (Fsp3) is 0.333. The summed E-state index contributed by atoms with van der Waals surface area (Å²) >= 11 is 0. The van der Waals surface area contributed by atoms with E-state index in [1.165, 1.54) is 0 Å². The first-order valence-electron chi connectivity index (χ1n) is 8.79. The van der Waals surface area contributed by atoms with Gasteiger partial charge in [-0.05, 0) is 23.3 Å². The molecule has 1 heterocycles. The molecule has 1 aliphatic rings. The maximum atomic E-state index is 12.0. The number of ketones is 1. The van der Waals surface area contributed by atoms with E-state index in [4.69, 9.17) is 9.47 Å². The number of nitrogens with one attached hydrogen (secondary N) is 1. The van der Waals surface area contributed by atoms with Crippen molar-refractivity contribution in [3.05, 3.63) is 65.7 Å². The quantitative estimate of drug-likeness (QED) is 0.815. The fourth-order valence-corrected chi connectivity index (χ4v) is 3.03. The molecule has 1 N–H and O–H groups in total. The van der Waals surface area contributed by atoms with E-state index in [0.717, 1.165) is 11.1 Å². The highest BCUT2D eigenvalue weighted by Gasteiger charge is 2.41. The molecule has 26 heavy (non-hydrogen) atoms. The second-order valence-corrected chi connectivity index (χ2v) is 6.61. The maximum absolute atomic E-state index is 12.0. The van der Waals surface area contributed by atoms with Crippen molar-refractivity contribution < 1.29 is 19.1 Å². The van der Waals surface area contributed by atoms with Crippen molar-refractivity contribution in [2.75, 3.05) is 18.5 Å². The molecule has 2 aromatic rings. The molecule has 1 fully saturated rings. The molecule has 1 aliphatic heterocycles. The Morgan fingerprint density at radius 2 is 1.88 bits per heavy atom. The minimum Gasteiger partial charge on any atom is -0.444 e.